The molecule has 0 aliphatic rings. The fraction of sp³-hybridized carbons (Fsp3) is 0.385. The SMILES string of the molecule is CCCN(CC#N)C(=O)c1ccccc1C. The van der Waals surface area contributed by atoms with Crippen molar-refractivity contribution in [3.8, 4) is 6.07 Å². The molecule has 0 fully saturated rings. The maximum Gasteiger partial charge on any atom is 0.254 e. The van der Waals surface area contributed by atoms with Crippen LogP contribution in [0.3, 0.4) is 0 Å². The molecule has 0 N–H and O–H groups in total. The average Bonchev–Trinajstić information content (AvgIpc) is 2.28. The molecule has 0 spiro atoms. The first kappa shape index (κ1) is 12.3. The van der Waals surface area contributed by atoms with Gasteiger partial charge in [-0.1, -0.05) is 25.1 Å². The third-order valence-electron chi connectivity index (χ3n) is 2.42. The normalized spacial score (nSPS) is 9.56. The predicted molar refractivity (Wildman–Crippen MR) is 63.0 cm³/mol. The minimum Gasteiger partial charge on any atom is -0.325 e. The van der Waals surface area contributed by atoms with Gasteiger partial charge in [0.25, 0.3) is 5.91 Å². The fourth-order valence-electron chi connectivity index (χ4n) is 1.59. The molecule has 1 aromatic carbocycles. The van der Waals surface area contributed by atoms with Crippen LogP contribution in [0.4, 0.5) is 0 Å². The summed E-state index contributed by atoms with van der Waals surface area (Å²) >= 11 is 0. The lowest BCUT2D eigenvalue weighted by atomic mass is 10.1. The van der Waals surface area contributed by atoms with Crippen molar-refractivity contribution in [2.45, 2.75) is 20.3 Å². The van der Waals surface area contributed by atoms with Gasteiger partial charge in [0.2, 0.25) is 0 Å². The van der Waals surface area contributed by atoms with Crippen LogP contribution in [-0.2, 0) is 0 Å². The number of nitriles is 1. The summed E-state index contributed by atoms with van der Waals surface area (Å²) in [6.07, 6.45) is 0.860. The van der Waals surface area contributed by atoms with E-state index in [1.807, 2.05) is 38.1 Å². The highest BCUT2D eigenvalue weighted by atomic mass is 16.2. The zero-order chi connectivity index (χ0) is 12.0. The molecule has 16 heavy (non-hydrogen) atoms. The van der Waals surface area contributed by atoms with Crippen molar-refractivity contribution >= 4 is 5.91 Å². The maximum absolute atomic E-state index is 12.1. The molecule has 1 amide bonds. The number of aryl methyl sites for hydroxylation is 1. The zero-order valence-corrected chi connectivity index (χ0v) is 9.73. The van der Waals surface area contributed by atoms with E-state index in [0.717, 1.165) is 12.0 Å². The third-order valence-corrected chi connectivity index (χ3v) is 2.42. The van der Waals surface area contributed by atoms with Crippen molar-refractivity contribution in [3.63, 3.8) is 0 Å². The summed E-state index contributed by atoms with van der Waals surface area (Å²) in [4.78, 5) is 13.7. The van der Waals surface area contributed by atoms with Crippen LogP contribution < -0.4 is 0 Å². The zero-order valence-electron chi connectivity index (χ0n) is 9.73. The Kier molecular flexibility index (Phi) is 4.53. The standard InChI is InChI=1S/C13H16N2O/c1-3-9-15(10-8-14)13(16)12-7-5-4-6-11(12)2/h4-7H,3,9-10H2,1-2H3. The highest BCUT2D eigenvalue weighted by Crippen LogP contribution is 2.10. The van der Waals surface area contributed by atoms with Crippen LogP contribution in [0.1, 0.15) is 29.3 Å². The van der Waals surface area contributed by atoms with Crippen molar-refractivity contribution in [1.82, 2.24) is 4.90 Å². The Morgan fingerprint density at radius 1 is 1.44 bits per heavy atom. The summed E-state index contributed by atoms with van der Waals surface area (Å²) in [6.45, 7) is 4.68. The molecule has 0 saturated carbocycles. The minimum absolute atomic E-state index is 0.0542. The van der Waals surface area contributed by atoms with Crippen LogP contribution in [-0.4, -0.2) is 23.9 Å². The van der Waals surface area contributed by atoms with Gasteiger partial charge in [-0.2, -0.15) is 5.26 Å². The molecule has 0 saturated heterocycles. The van der Waals surface area contributed by atoms with Gasteiger partial charge in [-0.15, -0.1) is 0 Å². The molecule has 0 aliphatic heterocycles. The number of hydrogen-bond donors (Lipinski definition) is 0. The molecule has 0 aromatic heterocycles. The predicted octanol–water partition coefficient (Wildman–Crippen LogP) is 2.37. The molecule has 3 nitrogen and oxygen atoms in total. The highest BCUT2D eigenvalue weighted by Gasteiger charge is 2.15. The van der Waals surface area contributed by atoms with Crippen molar-refractivity contribution < 1.29 is 4.79 Å². The summed E-state index contributed by atoms with van der Waals surface area (Å²) in [7, 11) is 0. The van der Waals surface area contributed by atoms with Crippen molar-refractivity contribution in [3.05, 3.63) is 35.4 Å². The van der Waals surface area contributed by atoms with Crippen LogP contribution in [0.25, 0.3) is 0 Å². The number of carbonyl (C=O) groups excluding carboxylic acids is 1. The van der Waals surface area contributed by atoms with E-state index < -0.39 is 0 Å². The topological polar surface area (TPSA) is 44.1 Å². The second kappa shape index (κ2) is 5.92. The lowest BCUT2D eigenvalue weighted by molar-refractivity contribution is 0.0775. The number of benzene rings is 1. The quantitative estimate of drug-likeness (QED) is 0.725. The highest BCUT2D eigenvalue weighted by molar-refractivity contribution is 5.95. The number of rotatable bonds is 4. The van der Waals surface area contributed by atoms with Crippen LogP contribution >= 0.6 is 0 Å². The Labute approximate surface area is 96.3 Å². The molecule has 0 bridgehead atoms. The second-order valence-electron chi connectivity index (χ2n) is 3.70. The average molecular weight is 216 g/mol. The summed E-state index contributed by atoms with van der Waals surface area (Å²) in [6, 6.07) is 9.48. The Morgan fingerprint density at radius 2 is 2.12 bits per heavy atom. The second-order valence-corrected chi connectivity index (χ2v) is 3.70. The van der Waals surface area contributed by atoms with Crippen molar-refractivity contribution in [1.29, 1.82) is 5.26 Å². The molecule has 1 rings (SSSR count). The number of amides is 1. The van der Waals surface area contributed by atoms with E-state index >= 15 is 0 Å². The van der Waals surface area contributed by atoms with Gasteiger partial charge >= 0.3 is 0 Å². The first-order valence-corrected chi connectivity index (χ1v) is 5.42. The maximum atomic E-state index is 12.1. The summed E-state index contributed by atoms with van der Waals surface area (Å²) in [5.41, 5.74) is 1.64. The monoisotopic (exact) mass is 216 g/mol. The minimum atomic E-state index is -0.0542. The van der Waals surface area contributed by atoms with Crippen LogP contribution in [0.15, 0.2) is 24.3 Å². The van der Waals surface area contributed by atoms with Gasteiger partial charge in [0.1, 0.15) is 6.54 Å². The van der Waals surface area contributed by atoms with Crippen LogP contribution in [0.2, 0.25) is 0 Å². The van der Waals surface area contributed by atoms with Gasteiger partial charge in [0, 0.05) is 12.1 Å². The molecule has 0 atom stereocenters. The van der Waals surface area contributed by atoms with E-state index in [1.165, 1.54) is 0 Å². The van der Waals surface area contributed by atoms with Gasteiger partial charge in [-0.05, 0) is 25.0 Å². The van der Waals surface area contributed by atoms with E-state index in [2.05, 4.69) is 0 Å². The Hall–Kier alpha value is -1.82. The molecule has 3 heteroatoms. The van der Waals surface area contributed by atoms with Gasteiger partial charge in [-0.3, -0.25) is 4.79 Å². The molecular weight excluding hydrogens is 200 g/mol. The molecule has 0 radical (unpaired) electrons. The third kappa shape index (κ3) is 2.83. The summed E-state index contributed by atoms with van der Waals surface area (Å²) < 4.78 is 0. The lowest BCUT2D eigenvalue weighted by Gasteiger charge is -2.19. The van der Waals surface area contributed by atoms with Gasteiger partial charge in [0.15, 0.2) is 0 Å². The van der Waals surface area contributed by atoms with Crippen LogP contribution in [0.5, 0.6) is 0 Å². The smallest absolute Gasteiger partial charge is 0.254 e. The van der Waals surface area contributed by atoms with E-state index in [0.29, 0.717) is 12.1 Å². The largest absolute Gasteiger partial charge is 0.325 e. The first-order valence-electron chi connectivity index (χ1n) is 5.42. The van der Waals surface area contributed by atoms with E-state index in [4.69, 9.17) is 5.26 Å². The molecule has 0 heterocycles. The Bertz CT molecular complexity index is 407. The Morgan fingerprint density at radius 3 is 2.69 bits per heavy atom. The van der Waals surface area contributed by atoms with E-state index in [1.54, 1.807) is 11.0 Å². The lowest BCUT2D eigenvalue weighted by Crippen LogP contribution is -2.32. The van der Waals surface area contributed by atoms with Crippen molar-refractivity contribution in [2.24, 2.45) is 0 Å². The number of nitrogens with zero attached hydrogens (tertiary/aromatic N) is 2. The van der Waals surface area contributed by atoms with Gasteiger partial charge in [-0.25, -0.2) is 0 Å². The van der Waals surface area contributed by atoms with Crippen LogP contribution in [0, 0.1) is 18.3 Å². The van der Waals surface area contributed by atoms with Gasteiger partial charge in [0.05, 0.1) is 6.07 Å². The first-order chi connectivity index (χ1) is 7.70. The van der Waals surface area contributed by atoms with E-state index in [-0.39, 0.29) is 12.5 Å². The number of carbonyl (C=O) groups is 1. The molecule has 84 valence electrons. The summed E-state index contributed by atoms with van der Waals surface area (Å²) in [5, 5.41) is 8.68. The molecule has 1 aromatic rings. The summed E-state index contributed by atoms with van der Waals surface area (Å²) in [5.74, 6) is -0.0542. The molecule has 0 unspecified atom stereocenters. The Balaban J connectivity index is 2.91. The van der Waals surface area contributed by atoms with Crippen molar-refractivity contribution in [2.75, 3.05) is 13.1 Å². The fourth-order valence-corrected chi connectivity index (χ4v) is 1.59. The molecular formula is C13H16N2O. The number of hydrogen-bond acceptors (Lipinski definition) is 2. The molecule has 0 aliphatic carbocycles. The van der Waals surface area contributed by atoms with E-state index in [9.17, 15) is 4.79 Å². The van der Waals surface area contributed by atoms with Gasteiger partial charge < -0.3 is 4.90 Å².